The van der Waals surface area contributed by atoms with Crippen molar-refractivity contribution in [3.8, 4) is 0 Å². The highest BCUT2D eigenvalue weighted by Gasteiger charge is 2.13. The fourth-order valence-electron chi connectivity index (χ4n) is 1.55. The van der Waals surface area contributed by atoms with Gasteiger partial charge in [0, 0.05) is 17.2 Å². The fourth-order valence-corrected chi connectivity index (χ4v) is 2.24. The highest BCUT2D eigenvalue weighted by atomic mass is 79.9. The summed E-state index contributed by atoms with van der Waals surface area (Å²) >= 11 is 9.43. The predicted octanol–water partition coefficient (Wildman–Crippen LogP) is 3.81. The Hall–Kier alpha value is -1.59. The van der Waals surface area contributed by atoms with Crippen molar-refractivity contribution in [2.45, 2.75) is 6.54 Å². The second-order valence-electron chi connectivity index (χ2n) is 3.77. The van der Waals surface area contributed by atoms with Crippen molar-refractivity contribution in [1.82, 2.24) is 4.98 Å². The number of rotatable bonds is 4. The van der Waals surface area contributed by atoms with Crippen LogP contribution in [0.15, 0.2) is 41.0 Å². The van der Waals surface area contributed by atoms with Gasteiger partial charge in [-0.15, -0.1) is 0 Å². The monoisotopic (exact) mass is 340 g/mol. The molecule has 0 radical (unpaired) electrons. The zero-order chi connectivity index (χ0) is 13.8. The number of nitrogens with one attached hydrogen (secondary N) is 1. The van der Waals surface area contributed by atoms with Gasteiger partial charge in [-0.25, -0.2) is 9.78 Å². The number of halogens is 2. The number of carboxylic acids is 1. The third-order valence-corrected chi connectivity index (χ3v) is 3.68. The van der Waals surface area contributed by atoms with Crippen LogP contribution in [0.4, 0.5) is 5.82 Å². The fraction of sp³-hybridized carbons (Fsp3) is 0.0769. The Morgan fingerprint density at radius 3 is 2.79 bits per heavy atom. The van der Waals surface area contributed by atoms with E-state index in [4.69, 9.17) is 16.7 Å². The first-order chi connectivity index (χ1) is 9.09. The number of anilines is 1. The van der Waals surface area contributed by atoms with E-state index in [1.807, 2.05) is 24.3 Å². The average Bonchev–Trinajstić information content (AvgIpc) is 2.39. The Morgan fingerprint density at radius 2 is 2.11 bits per heavy atom. The lowest BCUT2D eigenvalue weighted by Gasteiger charge is -2.10. The van der Waals surface area contributed by atoms with E-state index in [1.54, 1.807) is 0 Å². The van der Waals surface area contributed by atoms with E-state index in [0.717, 1.165) is 10.0 Å². The standard InChI is InChI=1S/C13H10BrClN2O2/c14-10-4-2-1-3-8(10)7-17-12-11(15)9(13(18)19)5-6-16-12/h1-6H,7H2,(H,16,17)(H,18,19). The first kappa shape index (κ1) is 13.8. The quantitative estimate of drug-likeness (QED) is 0.888. The van der Waals surface area contributed by atoms with Gasteiger partial charge in [0.25, 0.3) is 0 Å². The maximum atomic E-state index is 11.0. The number of aromatic carboxylic acids is 1. The van der Waals surface area contributed by atoms with Crippen molar-refractivity contribution in [2.24, 2.45) is 0 Å². The second-order valence-corrected chi connectivity index (χ2v) is 5.00. The minimum Gasteiger partial charge on any atom is -0.478 e. The molecule has 98 valence electrons. The van der Waals surface area contributed by atoms with E-state index in [1.165, 1.54) is 12.3 Å². The number of aromatic nitrogens is 1. The summed E-state index contributed by atoms with van der Waals surface area (Å²) in [5, 5.41) is 12.1. The van der Waals surface area contributed by atoms with E-state index in [0.29, 0.717) is 12.4 Å². The zero-order valence-corrected chi connectivity index (χ0v) is 12.1. The van der Waals surface area contributed by atoms with Crippen LogP contribution in [0.5, 0.6) is 0 Å². The van der Waals surface area contributed by atoms with Gasteiger partial charge in [-0.1, -0.05) is 45.7 Å². The van der Waals surface area contributed by atoms with Crippen LogP contribution in [0, 0.1) is 0 Å². The maximum Gasteiger partial charge on any atom is 0.337 e. The van der Waals surface area contributed by atoms with E-state index in [9.17, 15) is 4.79 Å². The molecule has 1 aromatic heterocycles. The normalized spacial score (nSPS) is 10.2. The SMILES string of the molecule is O=C(O)c1ccnc(NCc2ccccc2Br)c1Cl. The molecule has 0 amide bonds. The summed E-state index contributed by atoms with van der Waals surface area (Å²) < 4.78 is 0.966. The van der Waals surface area contributed by atoms with Crippen LogP contribution in [0.1, 0.15) is 15.9 Å². The molecule has 0 aliphatic carbocycles. The van der Waals surface area contributed by atoms with Crippen molar-refractivity contribution in [2.75, 3.05) is 5.32 Å². The smallest absolute Gasteiger partial charge is 0.337 e. The molecule has 1 heterocycles. The van der Waals surface area contributed by atoms with Gasteiger partial charge in [0.2, 0.25) is 0 Å². The number of hydrogen-bond acceptors (Lipinski definition) is 3. The van der Waals surface area contributed by atoms with E-state index < -0.39 is 5.97 Å². The van der Waals surface area contributed by atoms with Gasteiger partial charge < -0.3 is 10.4 Å². The van der Waals surface area contributed by atoms with E-state index in [-0.39, 0.29) is 10.6 Å². The summed E-state index contributed by atoms with van der Waals surface area (Å²) in [5.41, 5.74) is 1.06. The molecule has 0 saturated carbocycles. The van der Waals surface area contributed by atoms with Crippen molar-refractivity contribution in [3.63, 3.8) is 0 Å². The number of benzene rings is 1. The van der Waals surface area contributed by atoms with Gasteiger partial charge >= 0.3 is 5.97 Å². The summed E-state index contributed by atoms with van der Waals surface area (Å²) in [7, 11) is 0. The summed E-state index contributed by atoms with van der Waals surface area (Å²) in [5.74, 6) is -0.714. The minimum absolute atomic E-state index is 0.0336. The molecule has 6 heteroatoms. The Morgan fingerprint density at radius 1 is 1.37 bits per heavy atom. The molecule has 1 aromatic carbocycles. The molecule has 2 aromatic rings. The molecule has 0 bridgehead atoms. The van der Waals surface area contributed by atoms with Crippen molar-refractivity contribution < 1.29 is 9.90 Å². The van der Waals surface area contributed by atoms with Crippen LogP contribution in [-0.2, 0) is 6.54 Å². The first-order valence-corrected chi connectivity index (χ1v) is 6.61. The Labute approximate surface area is 123 Å². The molecule has 0 fully saturated rings. The van der Waals surface area contributed by atoms with Crippen LogP contribution >= 0.6 is 27.5 Å². The Kier molecular flexibility index (Phi) is 4.39. The molecular formula is C13H10BrClN2O2. The summed E-state index contributed by atoms with van der Waals surface area (Å²) in [6, 6.07) is 9.09. The molecule has 0 atom stereocenters. The zero-order valence-electron chi connectivity index (χ0n) is 9.73. The number of carboxylic acid groups (broad SMARTS) is 1. The molecule has 2 N–H and O–H groups in total. The van der Waals surface area contributed by atoms with Gasteiger partial charge in [0.05, 0.1) is 10.6 Å². The highest BCUT2D eigenvalue weighted by molar-refractivity contribution is 9.10. The predicted molar refractivity (Wildman–Crippen MR) is 77.7 cm³/mol. The molecule has 2 rings (SSSR count). The number of pyridine rings is 1. The number of carbonyl (C=O) groups is 1. The molecule has 0 aliphatic rings. The summed E-state index contributed by atoms with van der Waals surface area (Å²) in [6.07, 6.45) is 1.41. The van der Waals surface area contributed by atoms with Gasteiger partial charge in [-0.05, 0) is 17.7 Å². The number of nitrogens with zero attached hydrogens (tertiary/aromatic N) is 1. The first-order valence-electron chi connectivity index (χ1n) is 5.44. The highest BCUT2D eigenvalue weighted by Crippen LogP contribution is 2.25. The Balaban J connectivity index is 2.19. The molecular weight excluding hydrogens is 332 g/mol. The van der Waals surface area contributed by atoms with Gasteiger partial charge in [-0.2, -0.15) is 0 Å². The Bertz CT molecular complexity index is 619. The van der Waals surface area contributed by atoms with Crippen LogP contribution in [0.2, 0.25) is 5.02 Å². The van der Waals surface area contributed by atoms with Crippen LogP contribution < -0.4 is 5.32 Å². The lowest BCUT2D eigenvalue weighted by molar-refractivity contribution is 0.0697. The molecule has 0 saturated heterocycles. The third kappa shape index (κ3) is 3.24. The summed E-state index contributed by atoms with van der Waals surface area (Å²) in [4.78, 5) is 15.0. The van der Waals surface area contributed by atoms with E-state index >= 15 is 0 Å². The summed E-state index contributed by atoms with van der Waals surface area (Å²) in [6.45, 7) is 0.497. The van der Waals surface area contributed by atoms with Gasteiger partial charge in [0.15, 0.2) is 0 Å². The molecule has 0 unspecified atom stereocenters. The van der Waals surface area contributed by atoms with Crippen LogP contribution in [0.3, 0.4) is 0 Å². The lowest BCUT2D eigenvalue weighted by Crippen LogP contribution is -2.06. The maximum absolute atomic E-state index is 11.0. The molecule has 0 spiro atoms. The molecule has 19 heavy (non-hydrogen) atoms. The van der Waals surface area contributed by atoms with Crippen molar-refractivity contribution >= 4 is 39.3 Å². The third-order valence-electron chi connectivity index (χ3n) is 2.52. The topological polar surface area (TPSA) is 62.2 Å². The minimum atomic E-state index is -1.07. The number of hydrogen-bond donors (Lipinski definition) is 2. The van der Waals surface area contributed by atoms with Crippen LogP contribution in [0.25, 0.3) is 0 Å². The van der Waals surface area contributed by atoms with Crippen LogP contribution in [-0.4, -0.2) is 16.1 Å². The largest absolute Gasteiger partial charge is 0.478 e. The average molecular weight is 342 g/mol. The van der Waals surface area contributed by atoms with Crippen molar-refractivity contribution in [1.29, 1.82) is 0 Å². The second kappa shape index (κ2) is 6.04. The van der Waals surface area contributed by atoms with E-state index in [2.05, 4.69) is 26.2 Å². The van der Waals surface area contributed by atoms with Gasteiger partial charge in [-0.3, -0.25) is 0 Å². The molecule has 4 nitrogen and oxygen atoms in total. The van der Waals surface area contributed by atoms with Gasteiger partial charge in [0.1, 0.15) is 5.82 Å². The van der Waals surface area contributed by atoms with Crippen molar-refractivity contribution in [3.05, 3.63) is 57.2 Å². The molecule has 0 aliphatic heterocycles. The lowest BCUT2D eigenvalue weighted by atomic mass is 10.2.